The molecule has 3 rings (SSSR count). The molecule has 0 saturated carbocycles. The molecule has 1 atom stereocenters. The number of hydrogen-bond donors (Lipinski definition) is 0. The van der Waals surface area contributed by atoms with Crippen molar-refractivity contribution in [2.24, 2.45) is 5.92 Å². The van der Waals surface area contributed by atoms with Crippen LogP contribution in [0.25, 0.3) is 15.7 Å². The van der Waals surface area contributed by atoms with Crippen molar-refractivity contribution >= 4 is 27.0 Å². The Morgan fingerprint density at radius 1 is 1.28 bits per heavy atom. The van der Waals surface area contributed by atoms with E-state index in [0.717, 1.165) is 11.7 Å². The number of fused-ring (bicyclic) bond motifs is 1. The minimum absolute atomic E-state index is 0.850. The molecule has 1 nitrogen and oxygen atoms in total. The summed E-state index contributed by atoms with van der Waals surface area (Å²) in [7, 11) is 1.72. The minimum atomic E-state index is 0.850. The van der Waals surface area contributed by atoms with Gasteiger partial charge in [-0.25, -0.2) is 0 Å². The van der Waals surface area contributed by atoms with Gasteiger partial charge in [-0.1, -0.05) is 13.0 Å². The third-order valence-electron chi connectivity index (χ3n) is 3.72. The second-order valence-corrected chi connectivity index (χ2v) is 6.21. The van der Waals surface area contributed by atoms with E-state index < -0.39 is 0 Å². The lowest BCUT2D eigenvalue weighted by Crippen LogP contribution is -1.99. The molecule has 0 bridgehead atoms. The fourth-order valence-electron chi connectivity index (χ4n) is 2.49. The standard InChI is InChI=1S/C16H18OS/c1-11-3-5-12(6-4-11)15-9-13-7-8-14(17-2)10-16(13)18-15/h5,7-11H,3-4,6H2,1-2H3. The third-order valence-corrected chi connectivity index (χ3v) is 4.89. The van der Waals surface area contributed by atoms with E-state index in [2.05, 4.69) is 31.2 Å². The Kier molecular flexibility index (Phi) is 3.13. The fourth-order valence-corrected chi connectivity index (χ4v) is 3.64. The SMILES string of the molecule is COc1ccc2cc(C3=CCC(C)CC3)sc2c1. The van der Waals surface area contributed by atoms with E-state index in [1.165, 1.54) is 39.8 Å². The Morgan fingerprint density at radius 3 is 2.89 bits per heavy atom. The van der Waals surface area contributed by atoms with Crippen LogP contribution in [0.5, 0.6) is 5.75 Å². The van der Waals surface area contributed by atoms with Gasteiger partial charge in [-0.3, -0.25) is 0 Å². The first kappa shape index (κ1) is 11.8. The van der Waals surface area contributed by atoms with Crippen LogP contribution in [-0.4, -0.2) is 7.11 Å². The highest BCUT2D eigenvalue weighted by Crippen LogP contribution is 2.37. The predicted octanol–water partition coefficient (Wildman–Crippen LogP) is 5.11. The van der Waals surface area contributed by atoms with Gasteiger partial charge < -0.3 is 4.74 Å². The molecule has 1 heterocycles. The molecule has 94 valence electrons. The molecule has 1 aromatic heterocycles. The van der Waals surface area contributed by atoms with Crippen molar-refractivity contribution in [2.45, 2.75) is 26.2 Å². The van der Waals surface area contributed by atoms with Gasteiger partial charge >= 0.3 is 0 Å². The third kappa shape index (κ3) is 2.17. The van der Waals surface area contributed by atoms with E-state index in [0.29, 0.717) is 0 Å². The molecule has 1 unspecified atom stereocenters. The van der Waals surface area contributed by atoms with E-state index in [4.69, 9.17) is 4.74 Å². The zero-order valence-corrected chi connectivity index (χ0v) is 11.7. The number of methoxy groups -OCH3 is 1. The quantitative estimate of drug-likeness (QED) is 0.727. The van der Waals surface area contributed by atoms with E-state index in [1.807, 2.05) is 17.4 Å². The zero-order chi connectivity index (χ0) is 12.5. The van der Waals surface area contributed by atoms with Gasteiger partial charge in [0.05, 0.1) is 7.11 Å². The first-order chi connectivity index (χ1) is 8.76. The normalized spacial score (nSPS) is 19.9. The van der Waals surface area contributed by atoms with Crippen molar-refractivity contribution in [3.63, 3.8) is 0 Å². The van der Waals surface area contributed by atoms with Crippen LogP contribution in [0, 0.1) is 5.92 Å². The molecule has 0 radical (unpaired) electrons. The first-order valence-corrected chi connectivity index (χ1v) is 7.35. The summed E-state index contributed by atoms with van der Waals surface area (Å²) in [6, 6.07) is 8.65. The molecule has 1 aliphatic carbocycles. The number of hydrogen-bond acceptors (Lipinski definition) is 2. The molecule has 2 aromatic rings. The van der Waals surface area contributed by atoms with Crippen molar-refractivity contribution in [3.05, 3.63) is 35.2 Å². The average molecular weight is 258 g/mol. The summed E-state index contributed by atoms with van der Waals surface area (Å²) in [5.74, 6) is 1.80. The summed E-state index contributed by atoms with van der Waals surface area (Å²) in [4.78, 5) is 1.44. The first-order valence-electron chi connectivity index (χ1n) is 6.53. The van der Waals surface area contributed by atoms with Crippen molar-refractivity contribution in [2.75, 3.05) is 7.11 Å². The van der Waals surface area contributed by atoms with Crippen LogP contribution in [0.3, 0.4) is 0 Å². The summed E-state index contributed by atoms with van der Waals surface area (Å²) in [5, 5.41) is 1.33. The molecule has 2 heteroatoms. The number of benzene rings is 1. The summed E-state index contributed by atoms with van der Waals surface area (Å²) >= 11 is 1.89. The van der Waals surface area contributed by atoms with Gasteiger partial charge in [0, 0.05) is 9.58 Å². The minimum Gasteiger partial charge on any atom is -0.497 e. The number of thiophene rings is 1. The van der Waals surface area contributed by atoms with E-state index in [-0.39, 0.29) is 0 Å². The molecule has 0 spiro atoms. The molecule has 0 amide bonds. The highest BCUT2D eigenvalue weighted by molar-refractivity contribution is 7.20. The highest BCUT2D eigenvalue weighted by atomic mass is 32.1. The van der Waals surface area contributed by atoms with Gasteiger partial charge in [-0.15, -0.1) is 11.3 Å². The van der Waals surface area contributed by atoms with Gasteiger partial charge in [-0.05, 0) is 60.4 Å². The van der Waals surface area contributed by atoms with Gasteiger partial charge in [0.2, 0.25) is 0 Å². The van der Waals surface area contributed by atoms with Crippen molar-refractivity contribution < 1.29 is 4.74 Å². The number of ether oxygens (including phenoxy) is 1. The molecule has 1 aliphatic rings. The molecular weight excluding hydrogens is 240 g/mol. The Morgan fingerprint density at radius 2 is 2.17 bits per heavy atom. The van der Waals surface area contributed by atoms with Gasteiger partial charge in [-0.2, -0.15) is 0 Å². The number of allylic oxidation sites excluding steroid dienone is 2. The van der Waals surface area contributed by atoms with Crippen molar-refractivity contribution in [1.29, 1.82) is 0 Å². The topological polar surface area (TPSA) is 9.23 Å². The lowest BCUT2D eigenvalue weighted by atomic mass is 9.90. The Hall–Kier alpha value is -1.28. The largest absolute Gasteiger partial charge is 0.497 e. The number of rotatable bonds is 2. The van der Waals surface area contributed by atoms with Crippen LogP contribution in [0.2, 0.25) is 0 Å². The van der Waals surface area contributed by atoms with E-state index >= 15 is 0 Å². The van der Waals surface area contributed by atoms with Crippen LogP contribution in [0.15, 0.2) is 30.3 Å². The molecular formula is C16H18OS. The zero-order valence-electron chi connectivity index (χ0n) is 10.9. The summed E-state index contributed by atoms with van der Waals surface area (Å²) in [6.45, 7) is 2.34. The molecule has 1 aromatic carbocycles. The highest BCUT2D eigenvalue weighted by Gasteiger charge is 2.13. The second kappa shape index (κ2) is 4.77. The smallest absolute Gasteiger partial charge is 0.120 e. The van der Waals surface area contributed by atoms with Crippen LogP contribution >= 0.6 is 11.3 Å². The maximum atomic E-state index is 5.28. The van der Waals surface area contributed by atoms with Gasteiger partial charge in [0.1, 0.15) is 5.75 Å². The maximum absolute atomic E-state index is 5.28. The van der Waals surface area contributed by atoms with Crippen molar-refractivity contribution in [1.82, 2.24) is 0 Å². The fraction of sp³-hybridized carbons (Fsp3) is 0.375. The van der Waals surface area contributed by atoms with Crippen molar-refractivity contribution in [3.8, 4) is 5.75 Å². The Labute approximate surface area is 112 Å². The molecule has 0 aliphatic heterocycles. The van der Waals surface area contributed by atoms with Crippen LogP contribution in [0.4, 0.5) is 0 Å². The van der Waals surface area contributed by atoms with E-state index in [9.17, 15) is 0 Å². The van der Waals surface area contributed by atoms with Crippen LogP contribution in [0.1, 0.15) is 31.1 Å². The monoisotopic (exact) mass is 258 g/mol. The second-order valence-electron chi connectivity index (χ2n) is 5.12. The molecule has 18 heavy (non-hydrogen) atoms. The molecule has 0 saturated heterocycles. The summed E-state index contributed by atoms with van der Waals surface area (Å²) in [5.41, 5.74) is 1.54. The van der Waals surface area contributed by atoms with Gasteiger partial charge in [0.25, 0.3) is 0 Å². The predicted molar refractivity (Wildman–Crippen MR) is 79.4 cm³/mol. The average Bonchev–Trinajstić information content (AvgIpc) is 2.82. The van der Waals surface area contributed by atoms with E-state index in [1.54, 1.807) is 7.11 Å². The summed E-state index contributed by atoms with van der Waals surface area (Å²) in [6.07, 6.45) is 6.21. The Bertz CT molecular complexity index is 594. The maximum Gasteiger partial charge on any atom is 0.120 e. The molecule has 0 N–H and O–H groups in total. The summed E-state index contributed by atoms with van der Waals surface area (Å²) < 4.78 is 6.61. The van der Waals surface area contributed by atoms with Crippen LogP contribution in [-0.2, 0) is 0 Å². The Balaban J connectivity index is 1.98. The lowest BCUT2D eigenvalue weighted by molar-refractivity contribution is 0.415. The molecule has 0 fully saturated rings. The van der Waals surface area contributed by atoms with Crippen LogP contribution < -0.4 is 4.74 Å². The van der Waals surface area contributed by atoms with Gasteiger partial charge in [0.15, 0.2) is 0 Å². The lowest BCUT2D eigenvalue weighted by Gasteiger charge is -2.16.